The van der Waals surface area contributed by atoms with Crippen LogP contribution in [0.5, 0.6) is 5.75 Å². The number of nitriles is 1. The Hall–Kier alpha value is -3.76. The zero-order chi connectivity index (χ0) is 23.4. The first kappa shape index (κ1) is 22.4. The highest BCUT2D eigenvalue weighted by Crippen LogP contribution is 2.31. The Morgan fingerprint density at radius 1 is 1.21 bits per heavy atom. The molecule has 3 aromatic rings. The van der Waals surface area contributed by atoms with E-state index in [2.05, 4.69) is 21.4 Å². The van der Waals surface area contributed by atoms with Crippen LogP contribution in [0.15, 0.2) is 48.8 Å². The van der Waals surface area contributed by atoms with Crippen LogP contribution in [0.4, 0.5) is 0 Å². The summed E-state index contributed by atoms with van der Waals surface area (Å²) in [5.41, 5.74) is 4.32. The normalized spacial score (nSPS) is 16.1. The molecule has 0 saturated carbocycles. The van der Waals surface area contributed by atoms with Crippen molar-refractivity contribution in [1.29, 1.82) is 5.26 Å². The number of carbonyl (C=O) groups excluding carboxylic acids is 1. The number of aromatic nitrogens is 2. The minimum absolute atomic E-state index is 0.0618. The Morgan fingerprint density at radius 3 is 2.70 bits per heavy atom. The second kappa shape index (κ2) is 9.80. The van der Waals surface area contributed by atoms with Crippen LogP contribution in [0.1, 0.15) is 52.3 Å². The molecule has 1 N–H and O–H groups in total. The molecule has 0 radical (unpaired) electrons. The average Bonchev–Trinajstić information content (AvgIpc) is 3.32. The van der Waals surface area contributed by atoms with Crippen molar-refractivity contribution < 1.29 is 14.3 Å². The Morgan fingerprint density at radius 2 is 2.00 bits per heavy atom. The molecule has 4 rings (SSSR count). The highest BCUT2D eigenvalue weighted by molar-refractivity contribution is 5.96. The number of benzene rings is 2. The van der Waals surface area contributed by atoms with Gasteiger partial charge in [0.1, 0.15) is 17.7 Å². The number of hydrogen-bond acceptors (Lipinski definition) is 6. The van der Waals surface area contributed by atoms with E-state index in [0.717, 1.165) is 28.7 Å². The lowest BCUT2D eigenvalue weighted by Crippen LogP contribution is -2.27. The van der Waals surface area contributed by atoms with E-state index in [-0.39, 0.29) is 18.1 Å². The van der Waals surface area contributed by atoms with Gasteiger partial charge < -0.3 is 14.8 Å². The van der Waals surface area contributed by atoms with Gasteiger partial charge in [0.05, 0.1) is 30.9 Å². The standard InChI is InChI=1S/C26H26N4O3/c1-16-4-5-25(21(8-16)12-27)19-9-20(11-24(10-19)33-23-6-7-32-15-23)26(31)30-17(2)22-13-28-18(3)29-14-22/h4-5,8-11,13-14,17,23H,6-7,15H2,1-3H3,(H,30,31)/t17-,23?/m1/s1. The Labute approximate surface area is 193 Å². The van der Waals surface area contributed by atoms with Crippen LogP contribution >= 0.6 is 0 Å². The van der Waals surface area contributed by atoms with Gasteiger partial charge in [0.25, 0.3) is 5.91 Å². The monoisotopic (exact) mass is 442 g/mol. The molecule has 0 aliphatic carbocycles. The van der Waals surface area contributed by atoms with E-state index in [4.69, 9.17) is 9.47 Å². The van der Waals surface area contributed by atoms with Crippen molar-refractivity contribution in [2.24, 2.45) is 0 Å². The summed E-state index contributed by atoms with van der Waals surface area (Å²) in [4.78, 5) is 21.6. The molecule has 2 aromatic carbocycles. The topological polar surface area (TPSA) is 97.1 Å². The number of nitrogens with one attached hydrogen (secondary N) is 1. The highest BCUT2D eigenvalue weighted by Gasteiger charge is 2.20. The number of rotatable bonds is 6. The molecule has 1 saturated heterocycles. The molecule has 1 aliphatic rings. The van der Waals surface area contributed by atoms with Crippen molar-refractivity contribution in [3.63, 3.8) is 0 Å². The molecule has 33 heavy (non-hydrogen) atoms. The van der Waals surface area contributed by atoms with E-state index in [9.17, 15) is 10.1 Å². The number of carbonyl (C=O) groups is 1. The number of aryl methyl sites for hydroxylation is 2. The summed E-state index contributed by atoms with van der Waals surface area (Å²) in [5.74, 6) is 1.00. The first-order valence-corrected chi connectivity index (χ1v) is 10.9. The molecule has 0 spiro atoms. The molecule has 2 heterocycles. The van der Waals surface area contributed by atoms with Crippen molar-refractivity contribution >= 4 is 5.91 Å². The third-order valence-electron chi connectivity index (χ3n) is 5.61. The minimum atomic E-state index is -0.275. The molecule has 7 heteroatoms. The molecule has 1 unspecified atom stereocenters. The SMILES string of the molecule is Cc1ccc(-c2cc(OC3CCOC3)cc(C(=O)N[C@H](C)c3cnc(C)nc3)c2)c(C#N)c1. The fraction of sp³-hybridized carbons (Fsp3) is 0.308. The Balaban J connectivity index is 1.67. The van der Waals surface area contributed by atoms with E-state index >= 15 is 0 Å². The van der Waals surface area contributed by atoms with E-state index in [1.54, 1.807) is 24.5 Å². The molecule has 1 fully saturated rings. The van der Waals surface area contributed by atoms with Crippen LogP contribution in [0.2, 0.25) is 0 Å². The lowest BCUT2D eigenvalue weighted by atomic mass is 9.96. The maximum absolute atomic E-state index is 13.2. The molecular weight excluding hydrogens is 416 g/mol. The third-order valence-corrected chi connectivity index (χ3v) is 5.61. The molecule has 0 bridgehead atoms. The molecule has 168 valence electrons. The maximum atomic E-state index is 13.2. The van der Waals surface area contributed by atoms with Crippen LogP contribution in [-0.4, -0.2) is 35.2 Å². The Kier molecular flexibility index (Phi) is 6.66. The number of hydrogen-bond donors (Lipinski definition) is 1. The second-order valence-electron chi connectivity index (χ2n) is 8.27. The van der Waals surface area contributed by atoms with Gasteiger partial charge in [-0.1, -0.05) is 12.1 Å². The van der Waals surface area contributed by atoms with Gasteiger partial charge in [-0.15, -0.1) is 0 Å². The van der Waals surface area contributed by atoms with E-state index < -0.39 is 0 Å². The van der Waals surface area contributed by atoms with Gasteiger partial charge in [0.2, 0.25) is 0 Å². The molecule has 1 amide bonds. The fourth-order valence-electron chi connectivity index (χ4n) is 3.74. The summed E-state index contributed by atoms with van der Waals surface area (Å²) in [7, 11) is 0. The van der Waals surface area contributed by atoms with Crippen LogP contribution < -0.4 is 10.1 Å². The third kappa shape index (κ3) is 5.36. The summed E-state index contributed by atoms with van der Waals surface area (Å²) in [6, 6.07) is 13.1. The van der Waals surface area contributed by atoms with Crippen molar-refractivity contribution in [3.8, 4) is 22.9 Å². The highest BCUT2D eigenvalue weighted by atomic mass is 16.5. The molecule has 1 aromatic heterocycles. The molecule has 2 atom stereocenters. The average molecular weight is 443 g/mol. The van der Waals surface area contributed by atoms with Gasteiger partial charge in [0.15, 0.2) is 0 Å². The Bertz CT molecular complexity index is 1200. The van der Waals surface area contributed by atoms with Crippen LogP contribution in [0, 0.1) is 25.2 Å². The van der Waals surface area contributed by atoms with Crippen LogP contribution in [0.3, 0.4) is 0 Å². The first-order valence-electron chi connectivity index (χ1n) is 10.9. The van der Waals surface area contributed by atoms with E-state index in [1.807, 2.05) is 45.0 Å². The van der Waals surface area contributed by atoms with E-state index in [0.29, 0.717) is 35.9 Å². The van der Waals surface area contributed by atoms with Crippen molar-refractivity contribution in [3.05, 3.63) is 76.9 Å². The lowest BCUT2D eigenvalue weighted by molar-refractivity contribution is 0.0938. The van der Waals surface area contributed by atoms with Gasteiger partial charge in [-0.05, 0) is 61.7 Å². The summed E-state index contributed by atoms with van der Waals surface area (Å²) < 4.78 is 11.5. The minimum Gasteiger partial charge on any atom is -0.488 e. The van der Waals surface area contributed by atoms with Crippen molar-refractivity contribution in [2.75, 3.05) is 13.2 Å². The number of nitrogens with zero attached hydrogens (tertiary/aromatic N) is 3. The van der Waals surface area contributed by atoms with Crippen molar-refractivity contribution in [1.82, 2.24) is 15.3 Å². The van der Waals surface area contributed by atoms with Gasteiger partial charge in [-0.2, -0.15) is 5.26 Å². The van der Waals surface area contributed by atoms with Crippen LogP contribution in [-0.2, 0) is 4.74 Å². The van der Waals surface area contributed by atoms with Gasteiger partial charge in [-0.25, -0.2) is 9.97 Å². The van der Waals surface area contributed by atoms with Gasteiger partial charge in [-0.3, -0.25) is 4.79 Å². The van der Waals surface area contributed by atoms with Gasteiger partial charge in [0, 0.05) is 29.9 Å². The largest absolute Gasteiger partial charge is 0.488 e. The summed E-state index contributed by atoms with van der Waals surface area (Å²) >= 11 is 0. The quantitative estimate of drug-likeness (QED) is 0.612. The van der Waals surface area contributed by atoms with Crippen LogP contribution in [0.25, 0.3) is 11.1 Å². The summed E-state index contributed by atoms with van der Waals surface area (Å²) in [6.07, 6.45) is 4.16. The fourth-order valence-corrected chi connectivity index (χ4v) is 3.74. The number of amides is 1. The van der Waals surface area contributed by atoms with Crippen molar-refractivity contribution in [2.45, 2.75) is 39.3 Å². The zero-order valence-corrected chi connectivity index (χ0v) is 19.0. The molecular formula is C26H26N4O3. The van der Waals surface area contributed by atoms with E-state index in [1.165, 1.54) is 0 Å². The predicted molar refractivity (Wildman–Crippen MR) is 124 cm³/mol. The smallest absolute Gasteiger partial charge is 0.251 e. The molecule has 7 nitrogen and oxygen atoms in total. The second-order valence-corrected chi connectivity index (χ2v) is 8.27. The summed E-state index contributed by atoms with van der Waals surface area (Å²) in [6.45, 7) is 6.82. The summed E-state index contributed by atoms with van der Waals surface area (Å²) in [5, 5.41) is 12.7. The molecule has 1 aliphatic heterocycles. The first-order chi connectivity index (χ1) is 15.9. The van der Waals surface area contributed by atoms with Gasteiger partial charge >= 0.3 is 0 Å². The lowest BCUT2D eigenvalue weighted by Gasteiger charge is -2.17. The predicted octanol–water partition coefficient (Wildman–Crippen LogP) is 4.29. The maximum Gasteiger partial charge on any atom is 0.251 e. The number of ether oxygens (including phenoxy) is 2. The zero-order valence-electron chi connectivity index (χ0n) is 19.0.